The molecule has 2 aromatic rings. The summed E-state index contributed by atoms with van der Waals surface area (Å²) in [5.41, 5.74) is 2.98. The van der Waals surface area contributed by atoms with Crippen LogP contribution in [-0.4, -0.2) is 4.57 Å². The third-order valence-corrected chi connectivity index (χ3v) is 3.62. The van der Waals surface area contributed by atoms with Crippen molar-refractivity contribution in [2.45, 2.75) is 34.2 Å². The Morgan fingerprint density at radius 3 is 2.50 bits per heavy atom. The maximum atomic E-state index is 3.60. The van der Waals surface area contributed by atoms with Gasteiger partial charge in [0.1, 0.15) is 0 Å². The van der Waals surface area contributed by atoms with Crippen LogP contribution in [0.25, 0.3) is 10.9 Å². The lowest BCUT2D eigenvalue weighted by atomic mass is 9.97. The van der Waals surface area contributed by atoms with Crippen LogP contribution in [0.4, 0.5) is 0 Å². The molecule has 0 fully saturated rings. The van der Waals surface area contributed by atoms with E-state index in [1.54, 1.807) is 0 Å². The van der Waals surface area contributed by atoms with Crippen molar-refractivity contribution < 1.29 is 0 Å². The van der Waals surface area contributed by atoms with Gasteiger partial charge in [-0.3, -0.25) is 0 Å². The van der Waals surface area contributed by atoms with Gasteiger partial charge < -0.3 is 4.57 Å². The molecule has 1 nitrogen and oxygen atoms in total. The first kappa shape index (κ1) is 11.7. The van der Waals surface area contributed by atoms with Gasteiger partial charge in [0.05, 0.1) is 5.52 Å². The second kappa shape index (κ2) is 3.92. The van der Waals surface area contributed by atoms with Crippen molar-refractivity contribution in [2.24, 2.45) is 5.41 Å². The Bertz CT molecular complexity index is 517. The van der Waals surface area contributed by atoms with Crippen molar-refractivity contribution in [1.82, 2.24) is 4.57 Å². The van der Waals surface area contributed by atoms with Crippen molar-refractivity contribution in [1.29, 1.82) is 0 Å². The molecule has 86 valence electrons. The highest BCUT2D eigenvalue weighted by Crippen LogP contribution is 2.28. The zero-order valence-corrected chi connectivity index (χ0v) is 11.9. The van der Waals surface area contributed by atoms with E-state index in [-0.39, 0.29) is 0 Å². The van der Waals surface area contributed by atoms with Crippen LogP contribution in [0, 0.1) is 12.3 Å². The largest absolute Gasteiger partial charge is 0.347 e. The Morgan fingerprint density at radius 1 is 1.19 bits per heavy atom. The Morgan fingerprint density at radius 2 is 1.88 bits per heavy atom. The Kier molecular flexibility index (Phi) is 2.87. The highest BCUT2D eigenvalue weighted by atomic mass is 79.9. The van der Waals surface area contributed by atoms with E-state index in [0.29, 0.717) is 5.41 Å². The SMILES string of the molecule is Cc1c(Br)ccc2ccn(CC(C)(C)C)c12. The van der Waals surface area contributed by atoms with Crippen molar-refractivity contribution in [3.8, 4) is 0 Å². The molecule has 0 radical (unpaired) electrons. The van der Waals surface area contributed by atoms with E-state index in [9.17, 15) is 0 Å². The van der Waals surface area contributed by atoms with Crippen molar-refractivity contribution >= 4 is 26.8 Å². The zero-order chi connectivity index (χ0) is 11.9. The van der Waals surface area contributed by atoms with Crippen LogP contribution in [-0.2, 0) is 6.54 Å². The molecule has 1 aromatic carbocycles. The van der Waals surface area contributed by atoms with E-state index >= 15 is 0 Å². The van der Waals surface area contributed by atoms with E-state index in [4.69, 9.17) is 0 Å². The van der Waals surface area contributed by atoms with Gasteiger partial charge >= 0.3 is 0 Å². The molecular formula is C14H18BrN. The molecule has 0 saturated heterocycles. The van der Waals surface area contributed by atoms with Crippen LogP contribution in [0.1, 0.15) is 26.3 Å². The van der Waals surface area contributed by atoms with Gasteiger partial charge in [-0.1, -0.05) is 42.8 Å². The smallest absolute Gasteiger partial charge is 0.0521 e. The van der Waals surface area contributed by atoms with Crippen LogP contribution in [0.3, 0.4) is 0 Å². The van der Waals surface area contributed by atoms with Crippen molar-refractivity contribution in [3.05, 3.63) is 34.4 Å². The summed E-state index contributed by atoms with van der Waals surface area (Å²) in [5.74, 6) is 0. The van der Waals surface area contributed by atoms with Gasteiger partial charge in [-0.05, 0) is 35.4 Å². The summed E-state index contributed by atoms with van der Waals surface area (Å²) in [7, 11) is 0. The molecule has 2 heteroatoms. The summed E-state index contributed by atoms with van der Waals surface area (Å²) >= 11 is 3.60. The van der Waals surface area contributed by atoms with Crippen molar-refractivity contribution in [3.63, 3.8) is 0 Å². The number of aryl methyl sites for hydroxylation is 1. The molecule has 16 heavy (non-hydrogen) atoms. The van der Waals surface area contributed by atoms with E-state index in [2.05, 4.69) is 72.6 Å². The summed E-state index contributed by atoms with van der Waals surface area (Å²) in [6.07, 6.45) is 2.19. The summed E-state index contributed by atoms with van der Waals surface area (Å²) in [6.45, 7) is 10.0. The first-order valence-corrected chi connectivity index (χ1v) is 6.42. The normalized spacial score (nSPS) is 12.3. The van der Waals surface area contributed by atoms with Gasteiger partial charge in [-0.2, -0.15) is 0 Å². The lowest BCUT2D eigenvalue weighted by Crippen LogP contribution is -2.14. The van der Waals surface area contributed by atoms with E-state index in [1.165, 1.54) is 20.9 Å². The first-order valence-electron chi connectivity index (χ1n) is 5.62. The number of nitrogens with zero attached hydrogens (tertiary/aromatic N) is 1. The summed E-state index contributed by atoms with van der Waals surface area (Å²) in [5, 5.41) is 1.32. The average molecular weight is 280 g/mol. The Hall–Kier alpha value is -0.760. The van der Waals surface area contributed by atoms with Crippen LogP contribution in [0.2, 0.25) is 0 Å². The molecule has 0 aliphatic carbocycles. The average Bonchev–Trinajstić information content (AvgIpc) is 2.53. The lowest BCUT2D eigenvalue weighted by Gasteiger charge is -2.20. The molecular weight excluding hydrogens is 262 g/mol. The summed E-state index contributed by atoms with van der Waals surface area (Å²) in [4.78, 5) is 0. The van der Waals surface area contributed by atoms with Crippen LogP contribution in [0.5, 0.6) is 0 Å². The number of benzene rings is 1. The van der Waals surface area contributed by atoms with Gasteiger partial charge in [0.25, 0.3) is 0 Å². The van der Waals surface area contributed by atoms with Gasteiger partial charge in [0.2, 0.25) is 0 Å². The predicted octanol–water partition coefficient (Wildman–Crippen LogP) is 4.76. The third kappa shape index (κ3) is 2.17. The van der Waals surface area contributed by atoms with Crippen LogP contribution < -0.4 is 0 Å². The molecule has 0 saturated carbocycles. The molecule has 0 spiro atoms. The maximum Gasteiger partial charge on any atom is 0.0521 e. The van der Waals surface area contributed by atoms with Gasteiger partial charge in [-0.15, -0.1) is 0 Å². The van der Waals surface area contributed by atoms with E-state index in [1.807, 2.05) is 0 Å². The fourth-order valence-corrected chi connectivity index (χ4v) is 2.42. The molecule has 0 bridgehead atoms. The lowest BCUT2D eigenvalue weighted by molar-refractivity contribution is 0.349. The molecule has 0 atom stereocenters. The second-order valence-corrected chi connectivity index (χ2v) is 6.47. The van der Waals surface area contributed by atoms with Crippen LogP contribution in [0.15, 0.2) is 28.9 Å². The monoisotopic (exact) mass is 279 g/mol. The molecule has 0 amide bonds. The Labute approximate surface area is 106 Å². The molecule has 2 rings (SSSR count). The summed E-state index contributed by atoms with van der Waals surface area (Å²) < 4.78 is 3.55. The standard InChI is InChI=1S/C14H18BrN/c1-10-12(15)6-5-11-7-8-16(13(10)11)9-14(2,3)4/h5-8H,9H2,1-4H3. The van der Waals surface area contributed by atoms with Gasteiger partial charge in [0, 0.05) is 17.2 Å². The minimum absolute atomic E-state index is 0.306. The highest BCUT2D eigenvalue weighted by Gasteiger charge is 2.14. The van der Waals surface area contributed by atoms with Crippen LogP contribution >= 0.6 is 15.9 Å². The molecule has 0 unspecified atom stereocenters. The third-order valence-electron chi connectivity index (χ3n) is 2.76. The first-order chi connectivity index (χ1) is 7.38. The quantitative estimate of drug-likeness (QED) is 0.710. The van der Waals surface area contributed by atoms with Gasteiger partial charge in [-0.25, -0.2) is 0 Å². The Balaban J connectivity index is 2.59. The fourth-order valence-electron chi connectivity index (χ4n) is 2.10. The van der Waals surface area contributed by atoms with Crippen molar-refractivity contribution in [2.75, 3.05) is 0 Å². The second-order valence-electron chi connectivity index (χ2n) is 5.61. The topological polar surface area (TPSA) is 4.93 Å². The number of hydrogen-bond donors (Lipinski definition) is 0. The van der Waals surface area contributed by atoms with E-state index in [0.717, 1.165) is 6.54 Å². The molecule has 0 N–H and O–H groups in total. The highest BCUT2D eigenvalue weighted by molar-refractivity contribution is 9.10. The number of hydrogen-bond acceptors (Lipinski definition) is 0. The number of rotatable bonds is 1. The predicted molar refractivity (Wildman–Crippen MR) is 73.8 cm³/mol. The fraction of sp³-hybridized carbons (Fsp3) is 0.429. The summed E-state index contributed by atoms with van der Waals surface area (Å²) in [6, 6.07) is 6.49. The number of halogens is 1. The zero-order valence-electron chi connectivity index (χ0n) is 10.3. The molecule has 1 aromatic heterocycles. The number of fused-ring (bicyclic) bond motifs is 1. The molecule has 1 heterocycles. The minimum Gasteiger partial charge on any atom is -0.347 e. The minimum atomic E-state index is 0.306. The van der Waals surface area contributed by atoms with Gasteiger partial charge in [0.15, 0.2) is 0 Å². The number of aromatic nitrogens is 1. The molecule has 0 aliphatic heterocycles. The maximum absolute atomic E-state index is 3.60. The van der Waals surface area contributed by atoms with E-state index < -0.39 is 0 Å². The molecule has 0 aliphatic rings.